The predicted molar refractivity (Wildman–Crippen MR) is 68.3 cm³/mol. The minimum absolute atomic E-state index is 0.357. The molecule has 1 saturated heterocycles. The molecule has 3 N–H and O–H groups in total. The first-order valence-corrected chi connectivity index (χ1v) is 6.34. The van der Waals surface area contributed by atoms with Crippen LogP contribution in [0.15, 0.2) is 28.7 Å². The van der Waals surface area contributed by atoms with Crippen LogP contribution in [-0.4, -0.2) is 35.1 Å². The Bertz CT molecular complexity index is 425. The fraction of sp³-hybridized carbons (Fsp3) is 0.417. The monoisotopic (exact) mass is 298 g/mol. The number of likely N-dealkylation sites (tertiary alicyclic amines) is 1. The van der Waals surface area contributed by atoms with Crippen molar-refractivity contribution in [2.24, 2.45) is 5.73 Å². The first kappa shape index (κ1) is 12.5. The molecular formula is C12H15BrN2O2. The highest BCUT2D eigenvalue weighted by molar-refractivity contribution is 9.10. The second kappa shape index (κ2) is 5.16. The van der Waals surface area contributed by atoms with E-state index in [9.17, 15) is 9.90 Å². The molecular weight excluding hydrogens is 284 g/mol. The molecule has 2 atom stereocenters. The summed E-state index contributed by atoms with van der Waals surface area (Å²) in [5.41, 5.74) is 6.33. The molecule has 17 heavy (non-hydrogen) atoms. The number of benzene rings is 1. The molecule has 0 radical (unpaired) electrons. The summed E-state index contributed by atoms with van der Waals surface area (Å²) in [5.74, 6) is -0.378. The number of nitrogens with zero attached hydrogens (tertiary/aromatic N) is 1. The maximum atomic E-state index is 11.6. The van der Waals surface area contributed by atoms with Gasteiger partial charge in [0.2, 0.25) is 5.91 Å². The number of amides is 1. The Kier molecular flexibility index (Phi) is 3.81. The molecule has 0 bridgehead atoms. The van der Waals surface area contributed by atoms with Crippen LogP contribution < -0.4 is 5.73 Å². The molecule has 1 fully saturated rings. The minimum Gasteiger partial charge on any atom is -0.392 e. The summed E-state index contributed by atoms with van der Waals surface area (Å²) < 4.78 is 0.918. The maximum Gasteiger partial charge on any atom is 0.239 e. The van der Waals surface area contributed by atoms with E-state index >= 15 is 0 Å². The third-order valence-corrected chi connectivity index (χ3v) is 3.49. The lowest BCUT2D eigenvalue weighted by Crippen LogP contribution is -2.36. The van der Waals surface area contributed by atoms with E-state index in [-0.39, 0.29) is 12.0 Å². The van der Waals surface area contributed by atoms with Gasteiger partial charge in [-0.1, -0.05) is 28.1 Å². The lowest BCUT2D eigenvalue weighted by Gasteiger charge is -2.25. The Morgan fingerprint density at radius 3 is 2.88 bits per heavy atom. The van der Waals surface area contributed by atoms with Crippen molar-refractivity contribution in [2.75, 3.05) is 13.1 Å². The van der Waals surface area contributed by atoms with E-state index in [1.807, 2.05) is 29.2 Å². The molecule has 0 aromatic heterocycles. The lowest BCUT2D eigenvalue weighted by molar-refractivity contribution is -0.123. The number of hydrogen-bond donors (Lipinski definition) is 2. The van der Waals surface area contributed by atoms with Crippen LogP contribution >= 0.6 is 15.9 Å². The van der Waals surface area contributed by atoms with Crippen LogP contribution in [-0.2, 0) is 4.79 Å². The SMILES string of the molecule is NC(=O)C(c1cccc(Br)c1)N1CC[C@H](O)C1. The summed E-state index contributed by atoms with van der Waals surface area (Å²) in [7, 11) is 0. The van der Waals surface area contributed by atoms with Crippen molar-refractivity contribution in [1.82, 2.24) is 4.90 Å². The Labute approximate surface area is 109 Å². The maximum absolute atomic E-state index is 11.6. The van der Waals surface area contributed by atoms with Gasteiger partial charge in [0, 0.05) is 17.6 Å². The number of aliphatic hydroxyl groups excluding tert-OH is 1. The zero-order valence-corrected chi connectivity index (χ0v) is 10.9. The molecule has 1 aliphatic heterocycles. The largest absolute Gasteiger partial charge is 0.392 e. The van der Waals surface area contributed by atoms with Crippen LogP contribution in [0.25, 0.3) is 0 Å². The first-order chi connectivity index (χ1) is 8.08. The predicted octanol–water partition coefficient (Wildman–Crippen LogP) is 1.04. The molecule has 1 unspecified atom stereocenters. The Morgan fingerprint density at radius 2 is 2.35 bits per heavy atom. The third-order valence-electron chi connectivity index (χ3n) is 2.99. The van der Waals surface area contributed by atoms with Crippen molar-refractivity contribution in [3.63, 3.8) is 0 Å². The highest BCUT2D eigenvalue weighted by Crippen LogP contribution is 2.26. The van der Waals surface area contributed by atoms with Gasteiger partial charge < -0.3 is 10.8 Å². The van der Waals surface area contributed by atoms with Crippen molar-refractivity contribution < 1.29 is 9.90 Å². The molecule has 92 valence electrons. The van der Waals surface area contributed by atoms with Crippen molar-refractivity contribution >= 4 is 21.8 Å². The van der Waals surface area contributed by atoms with Gasteiger partial charge in [0.05, 0.1) is 6.10 Å². The second-order valence-corrected chi connectivity index (χ2v) is 5.21. The average Bonchev–Trinajstić information content (AvgIpc) is 2.64. The number of primary amides is 1. The van der Waals surface area contributed by atoms with Gasteiger partial charge in [0.25, 0.3) is 0 Å². The summed E-state index contributed by atoms with van der Waals surface area (Å²) in [4.78, 5) is 13.5. The third kappa shape index (κ3) is 2.86. The van der Waals surface area contributed by atoms with Crippen LogP contribution in [0.3, 0.4) is 0 Å². The van der Waals surface area contributed by atoms with E-state index in [1.54, 1.807) is 0 Å². The van der Waals surface area contributed by atoms with Gasteiger partial charge in [-0.25, -0.2) is 0 Å². The summed E-state index contributed by atoms with van der Waals surface area (Å²) in [6, 6.07) is 7.09. The van der Waals surface area contributed by atoms with Gasteiger partial charge in [-0.15, -0.1) is 0 Å². The van der Waals surface area contributed by atoms with Crippen LogP contribution in [0.4, 0.5) is 0 Å². The number of nitrogens with two attached hydrogens (primary N) is 1. The Balaban J connectivity index is 2.26. The number of carbonyl (C=O) groups is 1. The van der Waals surface area contributed by atoms with Crippen LogP contribution in [0.1, 0.15) is 18.0 Å². The van der Waals surface area contributed by atoms with Crippen molar-refractivity contribution in [3.8, 4) is 0 Å². The molecule has 1 amide bonds. The minimum atomic E-state index is -0.454. The van der Waals surface area contributed by atoms with E-state index in [1.165, 1.54) is 0 Å². The number of hydrogen-bond acceptors (Lipinski definition) is 3. The number of rotatable bonds is 3. The zero-order chi connectivity index (χ0) is 12.4. The molecule has 0 aliphatic carbocycles. The van der Waals surface area contributed by atoms with Gasteiger partial charge in [0.1, 0.15) is 6.04 Å². The number of aliphatic hydroxyl groups is 1. The van der Waals surface area contributed by atoms with E-state index in [4.69, 9.17) is 5.73 Å². The van der Waals surface area contributed by atoms with E-state index < -0.39 is 6.04 Å². The number of carbonyl (C=O) groups excluding carboxylic acids is 1. The standard InChI is InChI=1S/C12H15BrN2O2/c13-9-3-1-2-8(6-9)11(12(14)17)15-5-4-10(16)7-15/h1-3,6,10-11,16H,4-5,7H2,(H2,14,17)/t10-,11?/m0/s1. The fourth-order valence-corrected chi connectivity index (χ4v) is 2.65. The summed E-state index contributed by atoms with van der Waals surface area (Å²) in [5, 5.41) is 9.53. The Hall–Kier alpha value is -0.910. The quantitative estimate of drug-likeness (QED) is 0.876. The normalized spacial score (nSPS) is 22.6. The average molecular weight is 299 g/mol. The van der Waals surface area contributed by atoms with Gasteiger partial charge in [-0.05, 0) is 24.1 Å². The first-order valence-electron chi connectivity index (χ1n) is 5.55. The molecule has 4 nitrogen and oxygen atoms in total. The molecule has 5 heteroatoms. The van der Waals surface area contributed by atoms with Crippen molar-refractivity contribution in [1.29, 1.82) is 0 Å². The Morgan fingerprint density at radius 1 is 1.59 bits per heavy atom. The highest BCUT2D eigenvalue weighted by Gasteiger charge is 2.31. The molecule has 2 rings (SSSR count). The summed E-state index contributed by atoms with van der Waals surface area (Å²) in [6.07, 6.45) is 0.335. The lowest BCUT2D eigenvalue weighted by atomic mass is 10.1. The molecule has 1 aromatic carbocycles. The zero-order valence-electron chi connectivity index (χ0n) is 9.34. The molecule has 1 aromatic rings. The summed E-state index contributed by atoms with van der Waals surface area (Å²) in [6.45, 7) is 1.20. The molecule has 1 heterocycles. The van der Waals surface area contributed by atoms with Crippen molar-refractivity contribution in [2.45, 2.75) is 18.6 Å². The highest BCUT2D eigenvalue weighted by atomic mass is 79.9. The molecule has 1 aliphatic rings. The van der Waals surface area contributed by atoms with E-state index in [0.717, 1.165) is 10.0 Å². The van der Waals surface area contributed by atoms with Gasteiger partial charge in [-0.3, -0.25) is 9.69 Å². The van der Waals surface area contributed by atoms with Gasteiger partial charge >= 0.3 is 0 Å². The van der Waals surface area contributed by atoms with Crippen LogP contribution in [0.5, 0.6) is 0 Å². The van der Waals surface area contributed by atoms with E-state index in [0.29, 0.717) is 19.5 Å². The number of halogens is 1. The van der Waals surface area contributed by atoms with Crippen LogP contribution in [0.2, 0.25) is 0 Å². The second-order valence-electron chi connectivity index (χ2n) is 4.30. The van der Waals surface area contributed by atoms with Crippen molar-refractivity contribution in [3.05, 3.63) is 34.3 Å². The fourth-order valence-electron chi connectivity index (χ4n) is 2.23. The topological polar surface area (TPSA) is 66.6 Å². The van der Waals surface area contributed by atoms with Gasteiger partial charge in [-0.2, -0.15) is 0 Å². The van der Waals surface area contributed by atoms with Gasteiger partial charge in [0.15, 0.2) is 0 Å². The summed E-state index contributed by atoms with van der Waals surface area (Å²) >= 11 is 3.38. The number of β-amino-alcohol motifs (C(OH)–C–C–N with tert-alkyl or cyclic N) is 1. The molecule has 0 spiro atoms. The smallest absolute Gasteiger partial charge is 0.239 e. The molecule has 0 saturated carbocycles. The van der Waals surface area contributed by atoms with E-state index in [2.05, 4.69) is 15.9 Å². The van der Waals surface area contributed by atoms with Crippen LogP contribution in [0, 0.1) is 0 Å².